The van der Waals surface area contributed by atoms with Gasteiger partial charge in [-0.15, -0.1) is 0 Å². The van der Waals surface area contributed by atoms with Gasteiger partial charge in [0.2, 0.25) is 0 Å². The van der Waals surface area contributed by atoms with E-state index in [4.69, 9.17) is 9.47 Å². The van der Waals surface area contributed by atoms with Gasteiger partial charge in [-0.2, -0.15) is 0 Å². The van der Waals surface area contributed by atoms with Crippen LogP contribution in [-0.4, -0.2) is 21.3 Å². The van der Waals surface area contributed by atoms with Crippen LogP contribution >= 0.6 is 15.9 Å². The van der Waals surface area contributed by atoms with Gasteiger partial charge in [0.05, 0.1) is 19.9 Å². The third kappa shape index (κ3) is 3.25. The Hall–Kier alpha value is -1.68. The van der Waals surface area contributed by atoms with Crippen LogP contribution in [0.2, 0.25) is 0 Å². The molecule has 0 saturated carbocycles. The molecular formula is C16H18BrNO2. The van der Waals surface area contributed by atoms with Gasteiger partial charge in [-0.3, -0.25) is 0 Å². The van der Waals surface area contributed by atoms with Crippen LogP contribution in [0.15, 0.2) is 46.9 Å². The molecule has 0 aromatic heterocycles. The van der Waals surface area contributed by atoms with Crippen LogP contribution in [0, 0.1) is 0 Å². The number of para-hydroxylation sites is 2. The molecule has 0 unspecified atom stereocenters. The summed E-state index contributed by atoms with van der Waals surface area (Å²) in [6, 6.07) is 14.0. The number of benzene rings is 2. The zero-order valence-electron chi connectivity index (χ0n) is 11.9. The Kier molecular flexibility index (Phi) is 4.90. The fourth-order valence-electron chi connectivity index (χ4n) is 2.16. The van der Waals surface area contributed by atoms with E-state index < -0.39 is 0 Å². The van der Waals surface area contributed by atoms with Gasteiger partial charge in [-0.1, -0.05) is 28.1 Å². The van der Waals surface area contributed by atoms with Crippen molar-refractivity contribution in [1.29, 1.82) is 0 Å². The maximum atomic E-state index is 5.41. The largest absolute Gasteiger partial charge is 0.496 e. The first-order valence-corrected chi connectivity index (χ1v) is 7.11. The van der Waals surface area contributed by atoms with Crippen LogP contribution in [0.5, 0.6) is 11.5 Å². The normalized spacial score (nSPS) is 10.2. The summed E-state index contributed by atoms with van der Waals surface area (Å²) in [5, 5.41) is 0. The maximum absolute atomic E-state index is 5.41. The monoisotopic (exact) mass is 335 g/mol. The van der Waals surface area contributed by atoms with Gasteiger partial charge in [-0.05, 0) is 30.3 Å². The molecule has 106 valence electrons. The lowest BCUT2D eigenvalue weighted by molar-refractivity contribution is 0.408. The van der Waals surface area contributed by atoms with E-state index in [-0.39, 0.29) is 0 Å². The van der Waals surface area contributed by atoms with Crippen LogP contribution in [0.1, 0.15) is 5.56 Å². The van der Waals surface area contributed by atoms with Crippen LogP contribution < -0.4 is 14.4 Å². The number of hydrogen-bond acceptors (Lipinski definition) is 3. The molecule has 0 aliphatic rings. The Morgan fingerprint density at radius 3 is 2.40 bits per heavy atom. The third-order valence-corrected chi connectivity index (χ3v) is 3.64. The summed E-state index contributed by atoms with van der Waals surface area (Å²) in [5.41, 5.74) is 2.17. The van der Waals surface area contributed by atoms with Crippen molar-refractivity contribution < 1.29 is 9.47 Å². The molecule has 2 rings (SSSR count). The molecule has 0 atom stereocenters. The highest BCUT2D eigenvalue weighted by atomic mass is 79.9. The van der Waals surface area contributed by atoms with Crippen molar-refractivity contribution in [3.63, 3.8) is 0 Å². The molecular weight excluding hydrogens is 318 g/mol. The van der Waals surface area contributed by atoms with Crippen LogP contribution in [0.25, 0.3) is 0 Å². The van der Waals surface area contributed by atoms with Crippen molar-refractivity contribution in [2.24, 2.45) is 0 Å². The lowest BCUT2D eigenvalue weighted by atomic mass is 10.1. The average Bonchev–Trinajstić information content (AvgIpc) is 2.47. The van der Waals surface area contributed by atoms with Gasteiger partial charge in [0.25, 0.3) is 0 Å². The molecule has 0 radical (unpaired) electrons. The molecule has 0 bridgehead atoms. The lowest BCUT2D eigenvalue weighted by Crippen LogP contribution is -2.17. The SMILES string of the molecule is COc1ccc(Br)cc1CN(C)c1ccccc1OC. The molecule has 0 aliphatic carbocycles. The standard InChI is InChI=1S/C16H18BrNO2/c1-18(14-6-4-5-7-16(14)20-3)11-12-10-13(17)8-9-15(12)19-2/h4-10H,11H2,1-3H3. The minimum absolute atomic E-state index is 0.739. The molecule has 0 amide bonds. The molecule has 2 aromatic rings. The van der Waals surface area contributed by atoms with E-state index in [0.717, 1.165) is 33.8 Å². The molecule has 3 nitrogen and oxygen atoms in total. The van der Waals surface area contributed by atoms with Crippen molar-refractivity contribution in [1.82, 2.24) is 0 Å². The molecule has 4 heteroatoms. The van der Waals surface area contributed by atoms with Gasteiger partial charge in [0.1, 0.15) is 11.5 Å². The number of halogens is 1. The summed E-state index contributed by atoms with van der Waals surface area (Å²) in [5.74, 6) is 1.75. The summed E-state index contributed by atoms with van der Waals surface area (Å²) >= 11 is 3.50. The molecule has 0 aliphatic heterocycles. The summed E-state index contributed by atoms with van der Waals surface area (Å²) in [6.45, 7) is 0.739. The first-order chi connectivity index (χ1) is 9.65. The zero-order valence-corrected chi connectivity index (χ0v) is 13.5. The van der Waals surface area contributed by atoms with Gasteiger partial charge >= 0.3 is 0 Å². The lowest BCUT2D eigenvalue weighted by Gasteiger charge is -2.22. The Labute approximate surface area is 128 Å². The Bertz CT molecular complexity index is 586. The molecule has 0 N–H and O–H groups in total. The quantitative estimate of drug-likeness (QED) is 0.820. The van der Waals surface area contributed by atoms with E-state index >= 15 is 0 Å². The number of ether oxygens (including phenoxy) is 2. The zero-order chi connectivity index (χ0) is 14.5. The van der Waals surface area contributed by atoms with Gasteiger partial charge < -0.3 is 14.4 Å². The fraction of sp³-hybridized carbons (Fsp3) is 0.250. The van der Waals surface area contributed by atoms with Crippen LogP contribution in [0.4, 0.5) is 5.69 Å². The highest BCUT2D eigenvalue weighted by Crippen LogP contribution is 2.30. The summed E-state index contributed by atoms with van der Waals surface area (Å²) in [6.07, 6.45) is 0. The Morgan fingerprint density at radius 1 is 1.00 bits per heavy atom. The molecule has 0 spiro atoms. The van der Waals surface area contributed by atoms with Gasteiger partial charge in [0.15, 0.2) is 0 Å². The number of rotatable bonds is 5. The minimum atomic E-state index is 0.739. The summed E-state index contributed by atoms with van der Waals surface area (Å²) in [4.78, 5) is 2.14. The minimum Gasteiger partial charge on any atom is -0.496 e. The second-order valence-corrected chi connectivity index (χ2v) is 5.40. The molecule has 0 saturated heterocycles. The number of nitrogens with zero attached hydrogens (tertiary/aromatic N) is 1. The van der Waals surface area contributed by atoms with Crippen molar-refractivity contribution in [2.45, 2.75) is 6.54 Å². The Balaban J connectivity index is 2.27. The summed E-state index contributed by atoms with van der Waals surface area (Å²) in [7, 11) is 5.42. The second kappa shape index (κ2) is 6.66. The van der Waals surface area contributed by atoms with Crippen molar-refractivity contribution >= 4 is 21.6 Å². The number of hydrogen-bond donors (Lipinski definition) is 0. The highest BCUT2D eigenvalue weighted by molar-refractivity contribution is 9.10. The third-order valence-electron chi connectivity index (χ3n) is 3.15. The summed E-state index contributed by atoms with van der Waals surface area (Å²) < 4.78 is 11.9. The van der Waals surface area contributed by atoms with Crippen molar-refractivity contribution in [2.75, 3.05) is 26.2 Å². The first kappa shape index (κ1) is 14.7. The van der Waals surface area contributed by atoms with E-state index in [0.29, 0.717) is 0 Å². The van der Waals surface area contributed by atoms with E-state index in [1.54, 1.807) is 14.2 Å². The Morgan fingerprint density at radius 2 is 1.70 bits per heavy atom. The first-order valence-electron chi connectivity index (χ1n) is 6.32. The van der Waals surface area contributed by atoms with E-state index in [9.17, 15) is 0 Å². The topological polar surface area (TPSA) is 21.7 Å². The highest BCUT2D eigenvalue weighted by Gasteiger charge is 2.11. The van der Waals surface area contributed by atoms with Crippen molar-refractivity contribution in [3.8, 4) is 11.5 Å². The van der Waals surface area contributed by atoms with E-state index in [1.165, 1.54) is 0 Å². The van der Waals surface area contributed by atoms with Crippen molar-refractivity contribution in [3.05, 3.63) is 52.5 Å². The average molecular weight is 336 g/mol. The molecule has 2 aromatic carbocycles. The molecule has 20 heavy (non-hydrogen) atoms. The van der Waals surface area contributed by atoms with Crippen LogP contribution in [-0.2, 0) is 6.54 Å². The fourth-order valence-corrected chi connectivity index (χ4v) is 2.57. The van der Waals surface area contributed by atoms with E-state index in [2.05, 4.69) is 26.9 Å². The predicted octanol–water partition coefficient (Wildman–Crippen LogP) is 4.10. The van der Waals surface area contributed by atoms with Gasteiger partial charge in [-0.25, -0.2) is 0 Å². The maximum Gasteiger partial charge on any atom is 0.142 e. The smallest absolute Gasteiger partial charge is 0.142 e. The molecule has 0 heterocycles. The number of anilines is 1. The van der Waals surface area contributed by atoms with Crippen LogP contribution in [0.3, 0.4) is 0 Å². The molecule has 0 fully saturated rings. The van der Waals surface area contributed by atoms with Gasteiger partial charge in [0, 0.05) is 23.6 Å². The second-order valence-electron chi connectivity index (χ2n) is 4.48. The number of methoxy groups -OCH3 is 2. The van der Waals surface area contributed by atoms with E-state index in [1.807, 2.05) is 43.4 Å². The predicted molar refractivity (Wildman–Crippen MR) is 85.8 cm³/mol.